The van der Waals surface area contributed by atoms with Gasteiger partial charge in [-0.3, -0.25) is 0 Å². The molecule has 0 aliphatic heterocycles. The van der Waals surface area contributed by atoms with E-state index < -0.39 is 0 Å². The molecule has 2 heteroatoms. The molecule has 0 saturated carbocycles. The number of rotatable bonds is 0. The maximum atomic E-state index is 5.41. The molecule has 0 atom stereocenters. The molecule has 0 spiro atoms. The fourth-order valence-electron chi connectivity index (χ4n) is 0.649. The average molecular weight is 162 g/mol. The lowest BCUT2D eigenvalue weighted by Crippen LogP contribution is -1.90. The summed E-state index contributed by atoms with van der Waals surface area (Å²) in [6.07, 6.45) is 0. The van der Waals surface area contributed by atoms with Crippen LogP contribution >= 0.6 is 0 Å². The summed E-state index contributed by atoms with van der Waals surface area (Å²) >= 11 is 0. The van der Waals surface area contributed by atoms with E-state index in [-0.39, 0.29) is 0 Å². The largest absolute Gasteiger partial charge is 0.384 e. The summed E-state index contributed by atoms with van der Waals surface area (Å²) in [6.45, 7) is 5.77. The maximum absolute atomic E-state index is 5.41. The van der Waals surface area contributed by atoms with Crippen molar-refractivity contribution in [3.8, 4) is 11.8 Å². The predicted octanol–water partition coefficient (Wildman–Crippen LogP) is 2.06. The second-order valence-electron chi connectivity index (χ2n) is 1.82. The van der Waals surface area contributed by atoms with Crippen LogP contribution < -0.4 is 5.73 Å². The number of aromatic nitrogens is 1. The molecular weight excluding hydrogens is 148 g/mol. The van der Waals surface area contributed by atoms with Crippen molar-refractivity contribution in [2.45, 2.75) is 20.8 Å². The van der Waals surface area contributed by atoms with Crippen molar-refractivity contribution in [3.05, 3.63) is 23.9 Å². The average Bonchev–Trinajstić information content (AvgIpc) is 2.09. The summed E-state index contributed by atoms with van der Waals surface area (Å²) in [4.78, 5) is 3.97. The van der Waals surface area contributed by atoms with Gasteiger partial charge in [0.15, 0.2) is 0 Å². The summed E-state index contributed by atoms with van der Waals surface area (Å²) in [5.74, 6) is 6.06. The molecule has 12 heavy (non-hydrogen) atoms. The first-order valence-corrected chi connectivity index (χ1v) is 3.98. The van der Waals surface area contributed by atoms with Crippen LogP contribution in [0, 0.1) is 11.8 Å². The number of pyridine rings is 1. The molecule has 64 valence electrons. The van der Waals surface area contributed by atoms with Gasteiger partial charge in [0.2, 0.25) is 0 Å². The Morgan fingerprint density at radius 3 is 2.50 bits per heavy atom. The molecule has 1 aromatic heterocycles. The summed E-state index contributed by atoms with van der Waals surface area (Å²) in [5.41, 5.74) is 6.13. The van der Waals surface area contributed by atoms with Gasteiger partial charge in [0.05, 0.1) is 0 Å². The molecule has 1 rings (SSSR count). The molecule has 0 aliphatic carbocycles. The highest BCUT2D eigenvalue weighted by Gasteiger charge is 1.86. The third kappa shape index (κ3) is 3.62. The fraction of sp³-hybridized carbons (Fsp3) is 0.300. The smallest absolute Gasteiger partial charge is 0.124 e. The first kappa shape index (κ1) is 10.5. The van der Waals surface area contributed by atoms with Crippen molar-refractivity contribution in [1.82, 2.24) is 4.98 Å². The van der Waals surface area contributed by atoms with Gasteiger partial charge in [0.1, 0.15) is 11.5 Å². The number of hydrogen-bond donors (Lipinski definition) is 1. The van der Waals surface area contributed by atoms with E-state index in [2.05, 4.69) is 16.8 Å². The molecule has 0 amide bonds. The highest BCUT2D eigenvalue weighted by atomic mass is 14.8. The van der Waals surface area contributed by atoms with Gasteiger partial charge in [-0.25, -0.2) is 4.98 Å². The maximum Gasteiger partial charge on any atom is 0.124 e. The second-order valence-corrected chi connectivity index (χ2v) is 1.82. The zero-order valence-electron chi connectivity index (χ0n) is 7.76. The third-order valence-corrected chi connectivity index (χ3v) is 1.02. The van der Waals surface area contributed by atoms with Crippen LogP contribution in [0.3, 0.4) is 0 Å². The Bertz CT molecular complexity index is 281. The van der Waals surface area contributed by atoms with Crippen LogP contribution in [0.5, 0.6) is 0 Å². The number of hydrogen-bond acceptors (Lipinski definition) is 2. The van der Waals surface area contributed by atoms with Gasteiger partial charge in [-0.2, -0.15) is 0 Å². The van der Waals surface area contributed by atoms with Crippen LogP contribution in [-0.2, 0) is 0 Å². The van der Waals surface area contributed by atoms with Gasteiger partial charge in [-0.1, -0.05) is 25.8 Å². The van der Waals surface area contributed by atoms with Crippen LogP contribution in [0.4, 0.5) is 5.82 Å². The van der Waals surface area contributed by atoms with Crippen molar-refractivity contribution in [1.29, 1.82) is 0 Å². The Morgan fingerprint density at radius 2 is 2.00 bits per heavy atom. The van der Waals surface area contributed by atoms with E-state index in [1.165, 1.54) is 0 Å². The van der Waals surface area contributed by atoms with Crippen molar-refractivity contribution >= 4 is 5.82 Å². The van der Waals surface area contributed by atoms with Gasteiger partial charge in [0.25, 0.3) is 0 Å². The van der Waals surface area contributed by atoms with Gasteiger partial charge in [-0.05, 0) is 25.0 Å². The highest BCUT2D eigenvalue weighted by molar-refractivity contribution is 5.35. The van der Waals surface area contributed by atoms with Gasteiger partial charge < -0.3 is 5.73 Å². The Labute approximate surface area is 73.8 Å². The minimum Gasteiger partial charge on any atom is -0.384 e. The molecule has 2 N–H and O–H groups in total. The molecule has 0 radical (unpaired) electrons. The fourth-order valence-corrected chi connectivity index (χ4v) is 0.649. The molecule has 0 aliphatic rings. The second kappa shape index (κ2) is 6.23. The number of nitrogens with two attached hydrogens (primary N) is 1. The van der Waals surface area contributed by atoms with E-state index in [1.54, 1.807) is 13.0 Å². The standard InChI is InChI=1S/C8H8N2.C2H6/c1-2-4-7-5-3-6-8(9)10-7;1-2/h3,5-6H,1H3,(H2,9,10);1-2H3. The molecule has 0 unspecified atom stereocenters. The van der Waals surface area contributed by atoms with Crippen molar-refractivity contribution in [2.24, 2.45) is 0 Å². The first-order valence-electron chi connectivity index (χ1n) is 3.98. The van der Waals surface area contributed by atoms with E-state index >= 15 is 0 Å². The number of nitrogen functional groups attached to an aromatic ring is 1. The van der Waals surface area contributed by atoms with E-state index in [9.17, 15) is 0 Å². The monoisotopic (exact) mass is 162 g/mol. The lowest BCUT2D eigenvalue weighted by atomic mass is 10.3. The molecule has 2 nitrogen and oxygen atoms in total. The predicted molar refractivity (Wildman–Crippen MR) is 52.5 cm³/mol. The zero-order chi connectivity index (χ0) is 9.40. The Balaban J connectivity index is 0.000000561. The Kier molecular flexibility index (Phi) is 5.46. The molecule has 0 aromatic carbocycles. The summed E-state index contributed by atoms with van der Waals surface area (Å²) in [6, 6.07) is 5.40. The van der Waals surface area contributed by atoms with E-state index in [4.69, 9.17) is 5.73 Å². The normalized spacial score (nSPS) is 7.25. The van der Waals surface area contributed by atoms with E-state index in [0.29, 0.717) is 5.82 Å². The Hall–Kier alpha value is -1.49. The SMILES string of the molecule is CC.CC#Cc1cccc(N)n1. The highest BCUT2D eigenvalue weighted by Crippen LogP contribution is 1.97. The zero-order valence-corrected chi connectivity index (χ0v) is 7.76. The van der Waals surface area contributed by atoms with E-state index in [1.807, 2.05) is 26.0 Å². The Morgan fingerprint density at radius 1 is 1.33 bits per heavy atom. The van der Waals surface area contributed by atoms with E-state index in [0.717, 1.165) is 5.69 Å². The molecule has 1 aromatic rings. The minimum atomic E-state index is 0.514. The third-order valence-electron chi connectivity index (χ3n) is 1.02. The van der Waals surface area contributed by atoms with Gasteiger partial charge in [0, 0.05) is 0 Å². The van der Waals surface area contributed by atoms with Crippen molar-refractivity contribution in [2.75, 3.05) is 5.73 Å². The minimum absolute atomic E-state index is 0.514. The lowest BCUT2D eigenvalue weighted by molar-refractivity contribution is 1.30. The van der Waals surface area contributed by atoms with Crippen molar-refractivity contribution in [3.63, 3.8) is 0 Å². The van der Waals surface area contributed by atoms with Crippen LogP contribution in [-0.4, -0.2) is 4.98 Å². The summed E-state index contributed by atoms with van der Waals surface area (Å²) in [7, 11) is 0. The van der Waals surface area contributed by atoms with Crippen LogP contribution in [0.25, 0.3) is 0 Å². The van der Waals surface area contributed by atoms with Gasteiger partial charge in [-0.15, -0.1) is 0 Å². The van der Waals surface area contributed by atoms with Crippen LogP contribution in [0.2, 0.25) is 0 Å². The molecule has 0 fully saturated rings. The molecule has 0 bridgehead atoms. The quantitative estimate of drug-likeness (QED) is 0.593. The lowest BCUT2D eigenvalue weighted by Gasteiger charge is -1.90. The topological polar surface area (TPSA) is 38.9 Å². The summed E-state index contributed by atoms with van der Waals surface area (Å²) < 4.78 is 0. The molecule has 0 saturated heterocycles. The number of anilines is 1. The first-order chi connectivity index (χ1) is 5.83. The summed E-state index contributed by atoms with van der Waals surface area (Å²) in [5, 5.41) is 0. The molecular formula is C10H14N2. The van der Waals surface area contributed by atoms with Crippen molar-refractivity contribution < 1.29 is 0 Å². The van der Waals surface area contributed by atoms with Crippen LogP contribution in [0.1, 0.15) is 26.5 Å². The van der Waals surface area contributed by atoms with Crippen LogP contribution in [0.15, 0.2) is 18.2 Å². The van der Waals surface area contributed by atoms with Gasteiger partial charge >= 0.3 is 0 Å². The molecule has 1 heterocycles. The number of nitrogens with zero attached hydrogens (tertiary/aromatic N) is 1.